The molecule has 5 heteroatoms. The first-order valence-corrected chi connectivity index (χ1v) is 7.23. The van der Waals surface area contributed by atoms with Crippen LogP contribution in [0.2, 0.25) is 0 Å². The first kappa shape index (κ1) is 15.4. The smallest absolute Gasteiger partial charge is 0.309 e. The van der Waals surface area contributed by atoms with Crippen molar-refractivity contribution >= 4 is 17.6 Å². The number of anilines is 1. The Morgan fingerprint density at radius 3 is 2.76 bits per heavy atom. The van der Waals surface area contributed by atoms with E-state index in [4.69, 9.17) is 5.11 Å². The molecule has 0 radical (unpaired) electrons. The molecule has 0 aliphatic carbocycles. The number of hydrogen-bond acceptors (Lipinski definition) is 3. The van der Waals surface area contributed by atoms with Gasteiger partial charge in [0.05, 0.1) is 12.0 Å². The van der Waals surface area contributed by atoms with Gasteiger partial charge in [-0.25, -0.2) is 0 Å². The molecule has 0 fully saturated rings. The van der Waals surface area contributed by atoms with Gasteiger partial charge in [-0.05, 0) is 38.3 Å². The van der Waals surface area contributed by atoms with Crippen LogP contribution < -0.4 is 10.2 Å². The predicted octanol–water partition coefficient (Wildman–Crippen LogP) is 1.67. The van der Waals surface area contributed by atoms with Gasteiger partial charge in [0.2, 0.25) is 5.91 Å². The van der Waals surface area contributed by atoms with E-state index in [0.29, 0.717) is 19.5 Å². The van der Waals surface area contributed by atoms with Gasteiger partial charge in [0, 0.05) is 18.8 Å². The molecule has 1 aliphatic rings. The van der Waals surface area contributed by atoms with Crippen molar-refractivity contribution < 1.29 is 14.7 Å². The third kappa shape index (κ3) is 3.74. The van der Waals surface area contributed by atoms with Gasteiger partial charge < -0.3 is 15.3 Å². The monoisotopic (exact) mass is 290 g/mol. The van der Waals surface area contributed by atoms with Gasteiger partial charge in [-0.1, -0.05) is 18.2 Å². The van der Waals surface area contributed by atoms with Crippen LogP contribution in [-0.4, -0.2) is 36.6 Å². The third-order valence-corrected chi connectivity index (χ3v) is 3.97. The normalized spacial score (nSPS) is 13.9. The minimum atomic E-state index is -0.842. The summed E-state index contributed by atoms with van der Waals surface area (Å²) >= 11 is 0. The highest BCUT2D eigenvalue weighted by Crippen LogP contribution is 2.26. The highest BCUT2D eigenvalue weighted by molar-refractivity contribution is 5.82. The summed E-state index contributed by atoms with van der Waals surface area (Å²) in [7, 11) is 0. The van der Waals surface area contributed by atoms with E-state index >= 15 is 0 Å². The lowest BCUT2D eigenvalue weighted by Crippen LogP contribution is -2.38. The van der Waals surface area contributed by atoms with Crippen LogP contribution in [0.4, 0.5) is 5.69 Å². The molecule has 21 heavy (non-hydrogen) atoms. The van der Waals surface area contributed by atoms with E-state index in [1.54, 1.807) is 13.8 Å². The van der Waals surface area contributed by atoms with E-state index in [1.165, 1.54) is 5.56 Å². The average Bonchev–Trinajstić information content (AvgIpc) is 2.82. The number of nitrogens with zero attached hydrogens (tertiary/aromatic N) is 1. The lowest BCUT2D eigenvalue weighted by molar-refractivity contribution is -0.147. The summed E-state index contributed by atoms with van der Waals surface area (Å²) in [5.41, 5.74) is 1.59. The number of benzene rings is 1. The van der Waals surface area contributed by atoms with Crippen LogP contribution in [0.5, 0.6) is 0 Å². The summed E-state index contributed by atoms with van der Waals surface area (Å²) in [6, 6.07) is 8.10. The SMILES string of the molecule is CC(C)(CCNC(=O)CN1CCc2ccccc21)C(=O)O. The summed E-state index contributed by atoms with van der Waals surface area (Å²) in [6.07, 6.45) is 1.39. The van der Waals surface area contributed by atoms with Gasteiger partial charge in [0.25, 0.3) is 0 Å². The lowest BCUT2D eigenvalue weighted by Gasteiger charge is -2.21. The fourth-order valence-electron chi connectivity index (χ4n) is 2.42. The summed E-state index contributed by atoms with van der Waals surface area (Å²) in [6.45, 7) is 4.89. The van der Waals surface area contributed by atoms with Gasteiger partial charge in [-0.3, -0.25) is 9.59 Å². The Balaban J connectivity index is 1.80. The third-order valence-electron chi connectivity index (χ3n) is 3.97. The highest BCUT2D eigenvalue weighted by atomic mass is 16.4. The first-order valence-electron chi connectivity index (χ1n) is 7.23. The van der Waals surface area contributed by atoms with Crippen LogP contribution in [0.3, 0.4) is 0 Å². The summed E-state index contributed by atoms with van der Waals surface area (Å²) < 4.78 is 0. The number of carbonyl (C=O) groups excluding carboxylic acids is 1. The molecule has 0 spiro atoms. The maximum Gasteiger partial charge on any atom is 0.309 e. The van der Waals surface area contributed by atoms with Crippen molar-refractivity contribution in [3.8, 4) is 0 Å². The van der Waals surface area contributed by atoms with Crippen LogP contribution in [0.15, 0.2) is 24.3 Å². The Morgan fingerprint density at radius 2 is 2.05 bits per heavy atom. The lowest BCUT2D eigenvalue weighted by atomic mass is 9.90. The molecule has 1 aromatic rings. The molecule has 1 heterocycles. The Hall–Kier alpha value is -2.04. The number of carboxylic acid groups (broad SMARTS) is 1. The van der Waals surface area contributed by atoms with Crippen molar-refractivity contribution in [1.82, 2.24) is 5.32 Å². The number of para-hydroxylation sites is 1. The summed E-state index contributed by atoms with van der Waals surface area (Å²) in [5.74, 6) is -0.905. The number of hydrogen-bond donors (Lipinski definition) is 2. The molecule has 1 aliphatic heterocycles. The minimum Gasteiger partial charge on any atom is -0.481 e. The Kier molecular flexibility index (Phi) is 4.50. The second-order valence-corrected chi connectivity index (χ2v) is 6.09. The number of carboxylic acids is 1. The average molecular weight is 290 g/mol. The zero-order chi connectivity index (χ0) is 15.5. The second-order valence-electron chi connectivity index (χ2n) is 6.09. The van der Waals surface area contributed by atoms with Crippen LogP contribution in [0.1, 0.15) is 25.8 Å². The molecule has 2 N–H and O–H groups in total. The molecule has 0 aromatic heterocycles. The van der Waals surface area contributed by atoms with Crippen molar-refractivity contribution in [3.63, 3.8) is 0 Å². The number of nitrogens with one attached hydrogen (secondary N) is 1. The largest absolute Gasteiger partial charge is 0.481 e. The van der Waals surface area contributed by atoms with Gasteiger partial charge in [-0.2, -0.15) is 0 Å². The second kappa shape index (κ2) is 6.16. The van der Waals surface area contributed by atoms with Crippen molar-refractivity contribution in [1.29, 1.82) is 0 Å². The zero-order valence-corrected chi connectivity index (χ0v) is 12.6. The fraction of sp³-hybridized carbons (Fsp3) is 0.500. The van der Waals surface area contributed by atoms with Crippen molar-refractivity contribution in [2.24, 2.45) is 5.41 Å². The quantitative estimate of drug-likeness (QED) is 0.836. The van der Waals surface area contributed by atoms with E-state index in [2.05, 4.69) is 16.3 Å². The molecular formula is C16H22N2O3. The van der Waals surface area contributed by atoms with Crippen LogP contribution in [-0.2, 0) is 16.0 Å². The van der Waals surface area contributed by atoms with Gasteiger partial charge in [0.15, 0.2) is 0 Å². The maximum absolute atomic E-state index is 12.0. The Labute approximate surface area is 125 Å². The standard InChI is InChI=1S/C16H22N2O3/c1-16(2,15(20)21)8-9-17-14(19)11-18-10-7-12-5-3-4-6-13(12)18/h3-6H,7-11H2,1-2H3,(H,17,19)(H,20,21). The summed E-state index contributed by atoms with van der Waals surface area (Å²) in [4.78, 5) is 25.0. The van der Waals surface area contributed by atoms with E-state index in [-0.39, 0.29) is 5.91 Å². The molecule has 0 atom stereocenters. The number of fused-ring (bicyclic) bond motifs is 1. The van der Waals surface area contributed by atoms with Crippen molar-refractivity contribution in [2.75, 3.05) is 24.5 Å². The topological polar surface area (TPSA) is 69.6 Å². The molecule has 0 bridgehead atoms. The molecule has 1 amide bonds. The van der Waals surface area contributed by atoms with E-state index in [0.717, 1.165) is 18.7 Å². The Bertz CT molecular complexity index is 540. The van der Waals surface area contributed by atoms with Gasteiger partial charge >= 0.3 is 5.97 Å². The fourth-order valence-corrected chi connectivity index (χ4v) is 2.42. The molecular weight excluding hydrogens is 268 g/mol. The first-order chi connectivity index (χ1) is 9.90. The van der Waals surface area contributed by atoms with Crippen molar-refractivity contribution in [2.45, 2.75) is 26.7 Å². The van der Waals surface area contributed by atoms with Gasteiger partial charge in [-0.15, -0.1) is 0 Å². The highest BCUT2D eigenvalue weighted by Gasteiger charge is 2.27. The number of aliphatic carboxylic acids is 1. The predicted molar refractivity (Wildman–Crippen MR) is 81.4 cm³/mol. The van der Waals surface area contributed by atoms with Crippen LogP contribution in [0.25, 0.3) is 0 Å². The molecule has 0 unspecified atom stereocenters. The maximum atomic E-state index is 12.0. The molecule has 1 aromatic carbocycles. The molecule has 0 saturated carbocycles. The number of rotatable bonds is 6. The van der Waals surface area contributed by atoms with E-state index in [9.17, 15) is 9.59 Å². The van der Waals surface area contributed by atoms with E-state index in [1.807, 2.05) is 18.2 Å². The zero-order valence-electron chi connectivity index (χ0n) is 12.6. The summed E-state index contributed by atoms with van der Waals surface area (Å²) in [5, 5.41) is 11.8. The number of carbonyl (C=O) groups is 2. The van der Waals surface area contributed by atoms with Gasteiger partial charge in [0.1, 0.15) is 0 Å². The molecule has 114 valence electrons. The Morgan fingerprint density at radius 1 is 1.33 bits per heavy atom. The number of amides is 1. The molecule has 5 nitrogen and oxygen atoms in total. The van der Waals surface area contributed by atoms with E-state index < -0.39 is 11.4 Å². The molecule has 2 rings (SSSR count). The van der Waals surface area contributed by atoms with Crippen LogP contribution >= 0.6 is 0 Å². The van der Waals surface area contributed by atoms with Crippen molar-refractivity contribution in [3.05, 3.63) is 29.8 Å². The minimum absolute atomic E-state index is 0.0621. The molecule has 0 saturated heterocycles. The van der Waals surface area contributed by atoms with Crippen LogP contribution in [0, 0.1) is 5.41 Å².